The van der Waals surface area contributed by atoms with E-state index in [0.717, 1.165) is 6.42 Å². The number of rotatable bonds is 2. The van der Waals surface area contributed by atoms with E-state index in [1.54, 1.807) is 30.3 Å². The Morgan fingerprint density at radius 1 is 1.31 bits per heavy atom. The molecule has 0 saturated carbocycles. The average Bonchev–Trinajstić information content (AvgIpc) is 2.19. The normalized spacial score (nSPS) is 8.46. The molecule has 0 aliphatic rings. The van der Waals surface area contributed by atoms with Crippen LogP contribution in [0.4, 0.5) is 0 Å². The van der Waals surface area contributed by atoms with Crippen molar-refractivity contribution in [3.8, 4) is 0 Å². The Kier molecular flexibility index (Phi) is 6.55. The van der Waals surface area contributed by atoms with E-state index in [1.165, 1.54) is 0 Å². The molecule has 0 unspecified atom stereocenters. The van der Waals surface area contributed by atoms with Crippen LogP contribution < -0.4 is 0 Å². The van der Waals surface area contributed by atoms with E-state index >= 15 is 0 Å². The molecule has 0 saturated heterocycles. The molecule has 3 nitrogen and oxygen atoms in total. The first kappa shape index (κ1) is 11.6. The van der Waals surface area contributed by atoms with Gasteiger partial charge in [-0.25, -0.2) is 4.79 Å². The van der Waals surface area contributed by atoms with Gasteiger partial charge in [-0.15, -0.1) is 0 Å². The van der Waals surface area contributed by atoms with Crippen LogP contribution in [0.1, 0.15) is 23.7 Å². The quantitative estimate of drug-likeness (QED) is 0.732. The first-order chi connectivity index (χ1) is 6.22. The Balaban J connectivity index is 0.000000310. The molecule has 0 spiro atoms. The second-order valence-corrected chi connectivity index (χ2v) is 2.39. The van der Waals surface area contributed by atoms with Crippen LogP contribution in [0, 0.1) is 0 Å². The summed E-state index contributed by atoms with van der Waals surface area (Å²) in [6.07, 6.45) is 0.875. The Hall–Kier alpha value is -1.35. The van der Waals surface area contributed by atoms with Gasteiger partial charge in [0.1, 0.15) is 0 Å². The van der Waals surface area contributed by atoms with Crippen LogP contribution in [0.25, 0.3) is 0 Å². The van der Waals surface area contributed by atoms with Crippen molar-refractivity contribution in [2.24, 2.45) is 0 Å². The number of carbonyl (C=O) groups is 1. The molecule has 1 aromatic rings. The van der Waals surface area contributed by atoms with Crippen LogP contribution in [0.3, 0.4) is 0 Å². The van der Waals surface area contributed by atoms with E-state index in [9.17, 15) is 4.79 Å². The standard InChI is InChI=1S/C7H6O2.C3H8O/c8-7(9)6-4-2-1-3-5-6;1-2-3-4/h1-5H,(H,8,9);4H,2-3H2,1H3. The first-order valence-corrected chi connectivity index (χ1v) is 4.11. The molecule has 0 aromatic heterocycles. The van der Waals surface area contributed by atoms with Gasteiger partial charge in [0.15, 0.2) is 0 Å². The van der Waals surface area contributed by atoms with E-state index < -0.39 is 5.97 Å². The van der Waals surface area contributed by atoms with Crippen LogP contribution in [0.2, 0.25) is 0 Å². The first-order valence-electron chi connectivity index (χ1n) is 4.11. The number of aromatic carboxylic acids is 1. The fourth-order valence-corrected chi connectivity index (χ4v) is 0.581. The van der Waals surface area contributed by atoms with Gasteiger partial charge in [-0.3, -0.25) is 0 Å². The maximum atomic E-state index is 10.2. The molecule has 2 N–H and O–H groups in total. The Morgan fingerprint density at radius 3 is 2.00 bits per heavy atom. The molecule has 0 heterocycles. The maximum Gasteiger partial charge on any atom is 0.335 e. The third-order valence-corrected chi connectivity index (χ3v) is 1.24. The molecule has 0 bridgehead atoms. The monoisotopic (exact) mass is 182 g/mol. The van der Waals surface area contributed by atoms with Crippen LogP contribution in [-0.4, -0.2) is 22.8 Å². The van der Waals surface area contributed by atoms with Crippen LogP contribution in [0.15, 0.2) is 30.3 Å². The van der Waals surface area contributed by atoms with Gasteiger partial charge in [-0.1, -0.05) is 25.1 Å². The van der Waals surface area contributed by atoms with Crippen LogP contribution in [0.5, 0.6) is 0 Å². The highest BCUT2D eigenvalue weighted by Gasteiger charge is 1.96. The van der Waals surface area contributed by atoms with Gasteiger partial charge in [-0.2, -0.15) is 0 Å². The van der Waals surface area contributed by atoms with Crippen LogP contribution >= 0.6 is 0 Å². The van der Waals surface area contributed by atoms with E-state index in [4.69, 9.17) is 10.2 Å². The molecule has 1 rings (SSSR count). The topological polar surface area (TPSA) is 57.5 Å². The Morgan fingerprint density at radius 2 is 1.77 bits per heavy atom. The molecule has 72 valence electrons. The highest BCUT2D eigenvalue weighted by Crippen LogP contribution is 1.96. The second kappa shape index (κ2) is 7.31. The van der Waals surface area contributed by atoms with E-state index in [-0.39, 0.29) is 0 Å². The molecule has 0 atom stereocenters. The van der Waals surface area contributed by atoms with E-state index in [0.29, 0.717) is 12.2 Å². The van der Waals surface area contributed by atoms with Gasteiger partial charge in [0.2, 0.25) is 0 Å². The summed E-state index contributed by atoms with van der Waals surface area (Å²) in [6, 6.07) is 8.30. The highest BCUT2D eigenvalue weighted by atomic mass is 16.4. The van der Waals surface area contributed by atoms with Crippen molar-refractivity contribution in [2.75, 3.05) is 6.61 Å². The molecule has 0 amide bonds. The molecular formula is C10H14O3. The Bertz CT molecular complexity index is 229. The smallest absolute Gasteiger partial charge is 0.335 e. The minimum atomic E-state index is -0.879. The van der Waals surface area contributed by atoms with Gasteiger partial charge in [0, 0.05) is 6.61 Å². The van der Waals surface area contributed by atoms with Crippen molar-refractivity contribution in [1.82, 2.24) is 0 Å². The van der Waals surface area contributed by atoms with E-state index in [1.807, 2.05) is 6.92 Å². The van der Waals surface area contributed by atoms with Gasteiger partial charge in [0.25, 0.3) is 0 Å². The van der Waals surface area contributed by atoms with Gasteiger partial charge >= 0.3 is 5.97 Å². The second-order valence-electron chi connectivity index (χ2n) is 2.39. The minimum absolute atomic E-state index is 0.319. The third kappa shape index (κ3) is 5.87. The summed E-state index contributed by atoms with van der Waals surface area (Å²) in [4.78, 5) is 10.2. The van der Waals surface area contributed by atoms with Crippen molar-refractivity contribution in [2.45, 2.75) is 13.3 Å². The Labute approximate surface area is 77.6 Å². The summed E-state index contributed by atoms with van der Waals surface area (Å²) < 4.78 is 0. The largest absolute Gasteiger partial charge is 0.478 e. The number of hydrogen-bond acceptors (Lipinski definition) is 2. The van der Waals surface area contributed by atoms with Crippen molar-refractivity contribution >= 4 is 5.97 Å². The highest BCUT2D eigenvalue weighted by molar-refractivity contribution is 5.87. The van der Waals surface area contributed by atoms with Crippen LogP contribution in [-0.2, 0) is 0 Å². The molecule has 0 aliphatic heterocycles. The molecule has 0 radical (unpaired) electrons. The summed E-state index contributed by atoms with van der Waals surface area (Å²) in [6.45, 7) is 2.25. The molecule has 1 aromatic carbocycles. The maximum absolute atomic E-state index is 10.2. The zero-order chi connectivity index (χ0) is 10.1. The van der Waals surface area contributed by atoms with E-state index in [2.05, 4.69) is 0 Å². The summed E-state index contributed by atoms with van der Waals surface area (Å²) in [7, 11) is 0. The molecule has 0 aliphatic carbocycles. The van der Waals surface area contributed by atoms with Crippen molar-refractivity contribution in [1.29, 1.82) is 0 Å². The SMILES string of the molecule is CCCO.O=C(O)c1ccccc1. The number of aliphatic hydroxyl groups is 1. The minimum Gasteiger partial charge on any atom is -0.478 e. The summed E-state index contributed by atoms with van der Waals surface area (Å²) in [5.41, 5.74) is 0.331. The number of benzene rings is 1. The summed E-state index contributed by atoms with van der Waals surface area (Å²) in [5.74, 6) is -0.879. The number of aliphatic hydroxyl groups excluding tert-OH is 1. The van der Waals surface area contributed by atoms with Crippen molar-refractivity contribution in [3.63, 3.8) is 0 Å². The van der Waals surface area contributed by atoms with Gasteiger partial charge < -0.3 is 10.2 Å². The third-order valence-electron chi connectivity index (χ3n) is 1.24. The number of hydrogen-bond donors (Lipinski definition) is 2. The zero-order valence-electron chi connectivity index (χ0n) is 7.60. The lowest BCUT2D eigenvalue weighted by molar-refractivity contribution is 0.0697. The number of carboxylic acids is 1. The van der Waals surface area contributed by atoms with Gasteiger partial charge in [0.05, 0.1) is 5.56 Å². The zero-order valence-corrected chi connectivity index (χ0v) is 7.60. The average molecular weight is 182 g/mol. The lowest BCUT2D eigenvalue weighted by Gasteiger charge is -1.88. The van der Waals surface area contributed by atoms with Crippen molar-refractivity contribution < 1.29 is 15.0 Å². The number of carboxylic acid groups (broad SMARTS) is 1. The summed E-state index contributed by atoms with van der Waals surface area (Å²) >= 11 is 0. The predicted octanol–water partition coefficient (Wildman–Crippen LogP) is 1.77. The van der Waals surface area contributed by atoms with Gasteiger partial charge in [-0.05, 0) is 18.6 Å². The predicted molar refractivity (Wildman–Crippen MR) is 50.8 cm³/mol. The molecule has 3 heteroatoms. The molecule has 0 fully saturated rings. The summed E-state index contributed by atoms with van der Waals surface area (Å²) in [5, 5.41) is 16.3. The lowest BCUT2D eigenvalue weighted by atomic mass is 10.2. The molecule has 13 heavy (non-hydrogen) atoms. The van der Waals surface area contributed by atoms with Crippen molar-refractivity contribution in [3.05, 3.63) is 35.9 Å². The fraction of sp³-hybridized carbons (Fsp3) is 0.300. The lowest BCUT2D eigenvalue weighted by Crippen LogP contribution is -1.93. The molecular weight excluding hydrogens is 168 g/mol. The fourth-order valence-electron chi connectivity index (χ4n) is 0.581.